The van der Waals surface area contributed by atoms with Crippen LogP contribution in [0.25, 0.3) is 11.2 Å². The zero-order valence-electron chi connectivity index (χ0n) is 12.6. The average Bonchev–Trinajstić information content (AvgIpc) is 3.02. The highest BCUT2D eigenvalue weighted by atomic mass is 127. The van der Waals surface area contributed by atoms with Crippen LogP contribution in [0.5, 0.6) is 0 Å². The molecule has 4 atom stereocenters. The van der Waals surface area contributed by atoms with Crippen LogP contribution in [0, 0.1) is 3.83 Å². The maximum absolute atomic E-state index is 11.2. The number of aromatic nitrogens is 4. The van der Waals surface area contributed by atoms with Gasteiger partial charge in [-0.05, 0) is 6.42 Å². The minimum atomic E-state index is -1.04. The van der Waals surface area contributed by atoms with Crippen LogP contribution in [0.4, 0.5) is 5.82 Å². The van der Waals surface area contributed by atoms with Gasteiger partial charge in [0, 0.05) is 36.6 Å². The molecular weight excluding hydrogens is 415 g/mol. The Kier molecular flexibility index (Phi) is 4.38. The van der Waals surface area contributed by atoms with E-state index in [4.69, 9.17) is 0 Å². The van der Waals surface area contributed by atoms with E-state index in [9.17, 15) is 15.0 Å². The van der Waals surface area contributed by atoms with Gasteiger partial charge in [0.05, 0.1) is 18.4 Å². The SMILES string of the molecule is CNc1nc(I)nc2c1ncn2[C@@H]1C[C@H](NC(C)=O)[C@@H](O)[C@H]1O. The van der Waals surface area contributed by atoms with E-state index in [0.717, 1.165) is 0 Å². The predicted octanol–water partition coefficient (Wildman–Crippen LogP) is -0.356. The summed E-state index contributed by atoms with van der Waals surface area (Å²) in [5.74, 6) is 0.358. The summed E-state index contributed by atoms with van der Waals surface area (Å²) in [6, 6.07) is -0.933. The van der Waals surface area contributed by atoms with Crippen LogP contribution in [0.15, 0.2) is 6.33 Å². The number of amides is 1. The van der Waals surface area contributed by atoms with Crippen molar-refractivity contribution in [2.24, 2.45) is 0 Å². The summed E-state index contributed by atoms with van der Waals surface area (Å²) in [7, 11) is 1.75. The molecule has 2 heterocycles. The Morgan fingerprint density at radius 2 is 2.13 bits per heavy atom. The Morgan fingerprint density at radius 1 is 1.39 bits per heavy atom. The van der Waals surface area contributed by atoms with Crippen molar-refractivity contribution in [3.63, 3.8) is 0 Å². The second-order valence-corrected chi connectivity index (χ2v) is 6.47. The molecule has 1 aliphatic carbocycles. The van der Waals surface area contributed by atoms with Gasteiger partial charge in [0.1, 0.15) is 12.2 Å². The smallest absolute Gasteiger partial charge is 0.217 e. The predicted molar refractivity (Wildman–Crippen MR) is 90.9 cm³/mol. The lowest BCUT2D eigenvalue weighted by atomic mass is 10.2. The third kappa shape index (κ3) is 2.85. The number of rotatable bonds is 3. The number of hydrogen-bond donors (Lipinski definition) is 4. The lowest BCUT2D eigenvalue weighted by Crippen LogP contribution is -2.42. The standard InChI is InChI=1S/C13H17IN6O3/c1-5(21)17-6-3-7(10(23)9(6)22)20-4-16-8-11(15-2)18-13(14)19-12(8)20/h4,6-7,9-10,22-23H,3H2,1-2H3,(H,17,21)(H,15,18,19)/t6-,7+,9+,10-/m0/s1. The fraction of sp³-hybridized carbons (Fsp3) is 0.538. The Labute approximate surface area is 145 Å². The Balaban J connectivity index is 2.00. The maximum atomic E-state index is 11.2. The molecule has 4 N–H and O–H groups in total. The van der Waals surface area contributed by atoms with Crippen LogP contribution in [-0.4, -0.2) is 60.9 Å². The highest BCUT2D eigenvalue weighted by Gasteiger charge is 2.43. The summed E-state index contributed by atoms with van der Waals surface area (Å²) in [6.07, 6.45) is -0.0866. The molecule has 1 amide bonds. The van der Waals surface area contributed by atoms with E-state index in [2.05, 4.69) is 25.6 Å². The van der Waals surface area contributed by atoms with E-state index in [0.29, 0.717) is 27.2 Å². The number of fused-ring (bicyclic) bond motifs is 1. The fourth-order valence-electron chi connectivity index (χ4n) is 3.00. The average molecular weight is 432 g/mol. The van der Waals surface area contributed by atoms with Crippen molar-refractivity contribution >= 4 is 45.5 Å². The minimum Gasteiger partial charge on any atom is -0.388 e. The van der Waals surface area contributed by atoms with Gasteiger partial charge in [-0.25, -0.2) is 15.0 Å². The molecule has 2 aromatic rings. The number of nitrogens with one attached hydrogen (secondary N) is 2. The van der Waals surface area contributed by atoms with Crippen LogP contribution in [0.2, 0.25) is 0 Å². The van der Waals surface area contributed by atoms with Gasteiger partial charge in [0.25, 0.3) is 0 Å². The monoisotopic (exact) mass is 432 g/mol. The number of imidazole rings is 1. The third-order valence-electron chi connectivity index (χ3n) is 4.03. The Bertz CT molecular complexity index is 751. The van der Waals surface area contributed by atoms with Gasteiger partial charge in [-0.2, -0.15) is 0 Å². The number of carbonyl (C=O) groups is 1. The van der Waals surface area contributed by atoms with E-state index < -0.39 is 24.3 Å². The number of aliphatic hydroxyl groups excluding tert-OH is 2. The number of hydrogen-bond acceptors (Lipinski definition) is 7. The van der Waals surface area contributed by atoms with Gasteiger partial charge < -0.3 is 25.4 Å². The number of nitrogens with zero attached hydrogens (tertiary/aromatic N) is 4. The zero-order valence-corrected chi connectivity index (χ0v) is 14.7. The van der Waals surface area contributed by atoms with Crippen molar-refractivity contribution in [2.75, 3.05) is 12.4 Å². The first-order valence-electron chi connectivity index (χ1n) is 7.13. The highest BCUT2D eigenvalue weighted by molar-refractivity contribution is 14.1. The minimum absolute atomic E-state index is 0.244. The summed E-state index contributed by atoms with van der Waals surface area (Å²) in [4.78, 5) is 24.2. The van der Waals surface area contributed by atoms with E-state index in [-0.39, 0.29) is 5.91 Å². The van der Waals surface area contributed by atoms with Crippen LogP contribution in [0.1, 0.15) is 19.4 Å². The lowest BCUT2D eigenvalue weighted by molar-refractivity contribution is -0.120. The first-order valence-corrected chi connectivity index (χ1v) is 8.21. The lowest BCUT2D eigenvalue weighted by Gasteiger charge is -2.18. The number of aliphatic hydroxyl groups is 2. The second kappa shape index (κ2) is 6.17. The molecule has 2 aromatic heterocycles. The molecule has 0 saturated heterocycles. The molecule has 23 heavy (non-hydrogen) atoms. The van der Waals surface area contributed by atoms with E-state index in [1.807, 2.05) is 22.6 Å². The van der Waals surface area contributed by atoms with Gasteiger partial charge >= 0.3 is 0 Å². The van der Waals surface area contributed by atoms with Gasteiger partial charge in [-0.15, -0.1) is 0 Å². The van der Waals surface area contributed by atoms with Gasteiger partial charge in [0.15, 0.2) is 20.8 Å². The van der Waals surface area contributed by atoms with Gasteiger partial charge in [-0.1, -0.05) is 0 Å². The van der Waals surface area contributed by atoms with Gasteiger partial charge in [-0.3, -0.25) is 4.79 Å². The van der Waals surface area contributed by atoms with Crippen molar-refractivity contribution in [3.05, 3.63) is 10.2 Å². The third-order valence-corrected chi connectivity index (χ3v) is 4.51. The molecule has 0 aliphatic heterocycles. The topological polar surface area (TPSA) is 125 Å². The molecule has 9 nitrogen and oxygen atoms in total. The summed E-state index contributed by atoms with van der Waals surface area (Å²) in [5.41, 5.74) is 1.17. The maximum Gasteiger partial charge on any atom is 0.217 e. The van der Waals surface area contributed by atoms with Crippen LogP contribution in [0.3, 0.4) is 0 Å². The van der Waals surface area contributed by atoms with Crippen LogP contribution >= 0.6 is 22.6 Å². The molecule has 1 saturated carbocycles. The van der Waals surface area contributed by atoms with Crippen molar-refractivity contribution in [2.45, 2.75) is 37.6 Å². The summed E-state index contributed by atoms with van der Waals surface area (Å²) in [6.45, 7) is 1.38. The number of anilines is 1. The zero-order chi connectivity index (χ0) is 16.7. The normalized spacial score (nSPS) is 27.3. The summed E-state index contributed by atoms with van der Waals surface area (Å²) in [5, 5.41) is 26.2. The largest absolute Gasteiger partial charge is 0.388 e. The molecule has 0 spiro atoms. The molecule has 1 fully saturated rings. The first-order chi connectivity index (χ1) is 10.9. The molecule has 0 bridgehead atoms. The number of halogens is 1. The molecule has 124 valence electrons. The quantitative estimate of drug-likeness (QED) is 0.386. The van der Waals surface area contributed by atoms with Crippen molar-refractivity contribution < 1.29 is 15.0 Å². The Morgan fingerprint density at radius 3 is 2.78 bits per heavy atom. The van der Waals surface area contributed by atoms with E-state index in [1.54, 1.807) is 17.9 Å². The fourth-order valence-corrected chi connectivity index (χ4v) is 3.46. The first kappa shape index (κ1) is 16.3. The molecule has 0 radical (unpaired) electrons. The van der Waals surface area contributed by atoms with E-state index >= 15 is 0 Å². The van der Waals surface area contributed by atoms with E-state index in [1.165, 1.54) is 6.92 Å². The van der Waals surface area contributed by atoms with Crippen molar-refractivity contribution in [1.29, 1.82) is 0 Å². The molecule has 0 aromatic carbocycles. The summed E-state index contributed by atoms with van der Waals surface area (Å²) < 4.78 is 2.28. The molecule has 1 aliphatic rings. The second-order valence-electron chi connectivity index (χ2n) is 5.51. The molecule has 10 heteroatoms. The van der Waals surface area contributed by atoms with Crippen LogP contribution in [-0.2, 0) is 4.79 Å². The van der Waals surface area contributed by atoms with Crippen molar-refractivity contribution in [3.8, 4) is 0 Å². The number of carbonyl (C=O) groups excluding carboxylic acids is 1. The highest BCUT2D eigenvalue weighted by Crippen LogP contribution is 2.34. The molecular formula is C13H17IN6O3. The van der Waals surface area contributed by atoms with Gasteiger partial charge in [0.2, 0.25) is 5.91 Å². The molecule has 3 rings (SSSR count). The van der Waals surface area contributed by atoms with Crippen molar-refractivity contribution in [1.82, 2.24) is 24.8 Å². The van der Waals surface area contributed by atoms with Crippen LogP contribution < -0.4 is 10.6 Å². The summed E-state index contributed by atoms with van der Waals surface area (Å²) >= 11 is 2.01. The molecule has 0 unspecified atom stereocenters. The Hall–Kier alpha value is -1.53.